The lowest BCUT2D eigenvalue weighted by atomic mass is 10.4. The number of hydrogen-bond acceptors (Lipinski definition) is 3. The van der Waals surface area contributed by atoms with Crippen molar-refractivity contribution in [2.45, 2.75) is 6.92 Å². The van der Waals surface area contributed by atoms with E-state index in [0.717, 1.165) is 5.57 Å². The standard InChI is InChI=1S/C7H16N2O2S/c1-7(2)6-9-12(10,11)5-4-8-3/h8-9H,1,4-6H2,2-3H3. The van der Waals surface area contributed by atoms with Crippen molar-refractivity contribution in [2.24, 2.45) is 0 Å². The molecule has 0 aromatic heterocycles. The van der Waals surface area contributed by atoms with Gasteiger partial charge in [0.15, 0.2) is 0 Å². The van der Waals surface area contributed by atoms with Crippen molar-refractivity contribution in [3.63, 3.8) is 0 Å². The number of hydrogen-bond donors (Lipinski definition) is 2. The van der Waals surface area contributed by atoms with Crippen LogP contribution in [0.2, 0.25) is 0 Å². The molecule has 4 nitrogen and oxygen atoms in total. The maximum Gasteiger partial charge on any atom is 0.213 e. The predicted octanol–water partition coefficient (Wildman–Crippen LogP) is -0.299. The fraction of sp³-hybridized carbons (Fsp3) is 0.714. The lowest BCUT2D eigenvalue weighted by Gasteiger charge is -2.05. The van der Waals surface area contributed by atoms with Crippen molar-refractivity contribution in [2.75, 3.05) is 25.9 Å². The van der Waals surface area contributed by atoms with Crippen molar-refractivity contribution in [1.82, 2.24) is 10.0 Å². The molecule has 0 atom stereocenters. The molecule has 0 unspecified atom stereocenters. The van der Waals surface area contributed by atoms with Crippen LogP contribution in [-0.2, 0) is 10.0 Å². The first-order valence-electron chi connectivity index (χ1n) is 3.74. The van der Waals surface area contributed by atoms with E-state index in [1.165, 1.54) is 0 Å². The van der Waals surface area contributed by atoms with Gasteiger partial charge in [-0.2, -0.15) is 0 Å². The molecule has 0 aromatic carbocycles. The minimum atomic E-state index is -3.11. The minimum Gasteiger partial charge on any atom is -0.319 e. The van der Waals surface area contributed by atoms with Gasteiger partial charge in [0, 0.05) is 13.1 Å². The molecule has 0 aromatic rings. The first kappa shape index (κ1) is 11.6. The second kappa shape index (κ2) is 5.29. The maximum absolute atomic E-state index is 11.1. The molecule has 0 spiro atoms. The van der Waals surface area contributed by atoms with Gasteiger partial charge in [-0.3, -0.25) is 0 Å². The average Bonchev–Trinajstić information content (AvgIpc) is 1.98. The second-order valence-corrected chi connectivity index (χ2v) is 4.63. The van der Waals surface area contributed by atoms with Gasteiger partial charge in [0.1, 0.15) is 0 Å². The average molecular weight is 192 g/mol. The summed E-state index contributed by atoms with van der Waals surface area (Å²) in [5.74, 6) is 0.108. The molecular formula is C7H16N2O2S. The molecule has 0 aliphatic rings. The van der Waals surface area contributed by atoms with Crippen molar-refractivity contribution in [1.29, 1.82) is 0 Å². The Morgan fingerprint density at radius 3 is 2.50 bits per heavy atom. The monoisotopic (exact) mass is 192 g/mol. The van der Waals surface area contributed by atoms with E-state index in [0.29, 0.717) is 13.1 Å². The van der Waals surface area contributed by atoms with Crippen molar-refractivity contribution in [3.8, 4) is 0 Å². The summed E-state index contributed by atoms with van der Waals surface area (Å²) in [6, 6.07) is 0. The summed E-state index contributed by atoms with van der Waals surface area (Å²) >= 11 is 0. The molecule has 0 heterocycles. The summed E-state index contributed by atoms with van der Waals surface area (Å²) in [4.78, 5) is 0. The fourth-order valence-corrected chi connectivity index (χ4v) is 1.63. The minimum absolute atomic E-state index is 0.108. The zero-order valence-corrected chi connectivity index (χ0v) is 8.37. The molecule has 2 N–H and O–H groups in total. The quantitative estimate of drug-likeness (QED) is 0.568. The number of nitrogens with one attached hydrogen (secondary N) is 2. The topological polar surface area (TPSA) is 58.2 Å². The highest BCUT2D eigenvalue weighted by molar-refractivity contribution is 7.89. The van der Waals surface area contributed by atoms with Crippen LogP contribution in [0.15, 0.2) is 12.2 Å². The summed E-state index contributed by atoms with van der Waals surface area (Å²) in [6.45, 7) is 6.16. The van der Waals surface area contributed by atoms with Gasteiger partial charge in [0.05, 0.1) is 5.75 Å². The van der Waals surface area contributed by atoms with E-state index in [4.69, 9.17) is 0 Å². The molecule has 0 aliphatic carbocycles. The zero-order valence-electron chi connectivity index (χ0n) is 7.55. The Balaban J connectivity index is 3.80. The summed E-state index contributed by atoms with van der Waals surface area (Å²) in [5.41, 5.74) is 0.808. The zero-order chi connectivity index (χ0) is 9.61. The smallest absolute Gasteiger partial charge is 0.213 e. The Hall–Kier alpha value is -0.390. The Kier molecular flexibility index (Phi) is 5.12. The third-order valence-electron chi connectivity index (χ3n) is 1.21. The molecule has 0 radical (unpaired) electrons. The molecule has 0 bridgehead atoms. The number of sulfonamides is 1. The van der Waals surface area contributed by atoms with Gasteiger partial charge in [-0.05, 0) is 14.0 Å². The largest absolute Gasteiger partial charge is 0.319 e. The van der Waals surface area contributed by atoms with Crippen LogP contribution in [0.1, 0.15) is 6.92 Å². The molecular weight excluding hydrogens is 176 g/mol. The van der Waals surface area contributed by atoms with Crippen LogP contribution < -0.4 is 10.0 Å². The normalized spacial score (nSPS) is 11.5. The van der Waals surface area contributed by atoms with E-state index in [1.54, 1.807) is 14.0 Å². The van der Waals surface area contributed by atoms with Gasteiger partial charge in [0.25, 0.3) is 0 Å². The highest BCUT2D eigenvalue weighted by Crippen LogP contribution is 1.87. The van der Waals surface area contributed by atoms with Gasteiger partial charge >= 0.3 is 0 Å². The molecule has 0 fully saturated rings. The lowest BCUT2D eigenvalue weighted by Crippen LogP contribution is -2.31. The first-order chi connectivity index (χ1) is 5.48. The third-order valence-corrected chi connectivity index (χ3v) is 2.54. The van der Waals surface area contributed by atoms with Crippen molar-refractivity contribution >= 4 is 10.0 Å². The van der Waals surface area contributed by atoms with E-state index in [-0.39, 0.29) is 5.75 Å². The Morgan fingerprint density at radius 2 is 2.08 bits per heavy atom. The van der Waals surface area contributed by atoms with Crippen LogP contribution in [0.4, 0.5) is 0 Å². The van der Waals surface area contributed by atoms with Crippen LogP contribution in [0.3, 0.4) is 0 Å². The van der Waals surface area contributed by atoms with Gasteiger partial charge in [-0.1, -0.05) is 12.2 Å². The van der Waals surface area contributed by atoms with Gasteiger partial charge in [-0.25, -0.2) is 13.1 Å². The molecule has 72 valence electrons. The highest BCUT2D eigenvalue weighted by atomic mass is 32.2. The molecule has 0 rings (SSSR count). The van der Waals surface area contributed by atoms with Crippen LogP contribution in [0.25, 0.3) is 0 Å². The molecule has 0 amide bonds. The van der Waals surface area contributed by atoms with E-state index >= 15 is 0 Å². The van der Waals surface area contributed by atoms with Crippen LogP contribution in [0.5, 0.6) is 0 Å². The number of rotatable bonds is 6. The molecule has 0 saturated carbocycles. The predicted molar refractivity (Wildman–Crippen MR) is 50.5 cm³/mol. The van der Waals surface area contributed by atoms with Crippen molar-refractivity contribution in [3.05, 3.63) is 12.2 Å². The maximum atomic E-state index is 11.1. The van der Waals surface area contributed by atoms with E-state index < -0.39 is 10.0 Å². The highest BCUT2D eigenvalue weighted by Gasteiger charge is 2.07. The van der Waals surface area contributed by atoms with Crippen molar-refractivity contribution < 1.29 is 8.42 Å². The summed E-state index contributed by atoms with van der Waals surface area (Å²) in [6.07, 6.45) is 0. The molecule has 0 saturated heterocycles. The second-order valence-electron chi connectivity index (χ2n) is 2.70. The molecule has 5 heteroatoms. The Morgan fingerprint density at radius 1 is 1.50 bits per heavy atom. The van der Waals surface area contributed by atoms with Gasteiger partial charge in [0.2, 0.25) is 10.0 Å². The lowest BCUT2D eigenvalue weighted by molar-refractivity contribution is 0.582. The summed E-state index contributed by atoms with van der Waals surface area (Å²) in [5, 5.41) is 2.77. The van der Waals surface area contributed by atoms with E-state index in [9.17, 15) is 8.42 Å². The van der Waals surface area contributed by atoms with E-state index in [2.05, 4.69) is 16.6 Å². The van der Waals surface area contributed by atoms with Crippen LogP contribution >= 0.6 is 0 Å². The molecule has 0 aliphatic heterocycles. The molecule has 12 heavy (non-hydrogen) atoms. The summed E-state index contributed by atoms with van der Waals surface area (Å²) in [7, 11) is -1.40. The third kappa shape index (κ3) is 6.33. The van der Waals surface area contributed by atoms with Crippen LogP contribution in [0, 0.1) is 0 Å². The first-order valence-corrected chi connectivity index (χ1v) is 5.39. The fourth-order valence-electron chi connectivity index (χ4n) is 0.542. The van der Waals surface area contributed by atoms with Crippen LogP contribution in [-0.4, -0.2) is 34.3 Å². The Bertz CT molecular complexity index is 234. The SMILES string of the molecule is C=C(C)CNS(=O)(=O)CCNC. The van der Waals surface area contributed by atoms with Gasteiger partial charge in [-0.15, -0.1) is 0 Å². The van der Waals surface area contributed by atoms with E-state index in [1.807, 2.05) is 0 Å². The van der Waals surface area contributed by atoms with Gasteiger partial charge < -0.3 is 5.32 Å². The summed E-state index contributed by atoms with van der Waals surface area (Å²) < 4.78 is 24.6. The Labute approximate surface area is 74.1 Å².